The number of hydrogen-bond donors (Lipinski definition) is 1. The Morgan fingerprint density at radius 2 is 1.71 bits per heavy atom. The van der Waals surface area contributed by atoms with Gasteiger partial charge in [-0.05, 0) is 49.4 Å². The fourth-order valence-electron chi connectivity index (χ4n) is 3.04. The van der Waals surface area contributed by atoms with Gasteiger partial charge < -0.3 is 14.8 Å². The van der Waals surface area contributed by atoms with Gasteiger partial charge in [-0.2, -0.15) is 4.31 Å². The fourth-order valence-corrected chi connectivity index (χ4v) is 5.24. The number of carbonyl (C=O) groups excluding carboxylic acids is 1. The number of benzene rings is 2. The third kappa shape index (κ3) is 5.42. The van der Waals surface area contributed by atoms with Crippen molar-refractivity contribution >= 4 is 31.5 Å². The van der Waals surface area contributed by atoms with E-state index in [0.29, 0.717) is 13.2 Å². The molecule has 0 aromatic heterocycles. The van der Waals surface area contributed by atoms with E-state index >= 15 is 0 Å². The van der Waals surface area contributed by atoms with Gasteiger partial charge in [0.2, 0.25) is 10.0 Å². The summed E-state index contributed by atoms with van der Waals surface area (Å²) in [4.78, 5) is 12.6. The third-order valence-corrected chi connectivity index (χ3v) is 7.68. The molecule has 1 heterocycles. The minimum Gasteiger partial charge on any atom is -0.492 e. The van der Waals surface area contributed by atoms with Gasteiger partial charge >= 0.3 is 0 Å². The number of carbonyl (C=O) groups is 1. The first kappa shape index (κ1) is 23.2. The van der Waals surface area contributed by atoms with Gasteiger partial charge in [0.25, 0.3) is 5.91 Å². The van der Waals surface area contributed by atoms with Crippen LogP contribution in [0.25, 0.3) is 0 Å². The number of sulfonamides is 1. The molecule has 0 atom stereocenters. The molecule has 168 valence electrons. The molecule has 0 aliphatic carbocycles. The Balaban J connectivity index is 1.88. The Morgan fingerprint density at radius 3 is 2.29 bits per heavy atom. The summed E-state index contributed by atoms with van der Waals surface area (Å²) in [6, 6.07) is 9.88. The zero-order valence-corrected chi connectivity index (χ0v) is 18.8. The number of sulfone groups is 1. The molecular weight excluding hydrogens is 444 g/mol. The summed E-state index contributed by atoms with van der Waals surface area (Å²) >= 11 is 0. The summed E-state index contributed by atoms with van der Waals surface area (Å²) in [6.45, 7) is 3.12. The second-order valence-electron chi connectivity index (χ2n) is 6.86. The first-order valence-corrected chi connectivity index (χ1v) is 12.9. The van der Waals surface area contributed by atoms with Crippen molar-refractivity contribution in [2.45, 2.75) is 16.7 Å². The lowest BCUT2D eigenvalue weighted by Gasteiger charge is -2.27. The highest BCUT2D eigenvalue weighted by atomic mass is 32.2. The number of morpholine rings is 1. The number of ether oxygens (including phenoxy) is 2. The van der Waals surface area contributed by atoms with Crippen LogP contribution in [0.2, 0.25) is 0 Å². The molecule has 0 unspecified atom stereocenters. The molecule has 0 radical (unpaired) electrons. The number of nitrogens with zero attached hydrogens (tertiary/aromatic N) is 1. The van der Waals surface area contributed by atoms with Crippen LogP contribution in [-0.2, 0) is 24.6 Å². The number of rotatable bonds is 7. The van der Waals surface area contributed by atoms with Gasteiger partial charge in [0.15, 0.2) is 9.84 Å². The van der Waals surface area contributed by atoms with Crippen LogP contribution in [-0.4, -0.2) is 66.2 Å². The van der Waals surface area contributed by atoms with E-state index in [1.807, 2.05) is 0 Å². The number of hydrogen-bond acceptors (Lipinski definition) is 7. The molecule has 2 aromatic carbocycles. The Labute approximate surface area is 181 Å². The smallest absolute Gasteiger partial charge is 0.255 e. The van der Waals surface area contributed by atoms with Gasteiger partial charge in [0.05, 0.1) is 24.7 Å². The third-order valence-electron chi connectivity index (χ3n) is 4.63. The lowest BCUT2D eigenvalue weighted by molar-refractivity contribution is 0.0729. The zero-order valence-electron chi connectivity index (χ0n) is 17.2. The van der Waals surface area contributed by atoms with Gasteiger partial charge in [-0.25, -0.2) is 16.8 Å². The first-order valence-electron chi connectivity index (χ1n) is 9.59. The van der Waals surface area contributed by atoms with Crippen LogP contribution in [0.1, 0.15) is 17.3 Å². The molecule has 11 heteroatoms. The minimum absolute atomic E-state index is 0.0403. The van der Waals surface area contributed by atoms with Crippen LogP contribution in [0.15, 0.2) is 52.3 Å². The summed E-state index contributed by atoms with van der Waals surface area (Å²) in [5, 5.41) is 2.65. The van der Waals surface area contributed by atoms with Crippen molar-refractivity contribution in [3.8, 4) is 5.75 Å². The van der Waals surface area contributed by atoms with E-state index < -0.39 is 25.8 Å². The molecule has 0 spiro atoms. The van der Waals surface area contributed by atoms with E-state index in [1.54, 1.807) is 13.0 Å². The van der Waals surface area contributed by atoms with E-state index in [0.717, 1.165) is 6.26 Å². The van der Waals surface area contributed by atoms with Gasteiger partial charge in [0.1, 0.15) is 10.6 Å². The number of nitrogens with one attached hydrogen (secondary N) is 1. The van der Waals surface area contributed by atoms with Crippen molar-refractivity contribution in [3.63, 3.8) is 0 Å². The van der Waals surface area contributed by atoms with E-state index in [2.05, 4.69) is 5.32 Å². The molecule has 31 heavy (non-hydrogen) atoms. The van der Waals surface area contributed by atoms with Crippen LogP contribution in [0.5, 0.6) is 5.75 Å². The number of anilines is 1. The van der Waals surface area contributed by atoms with E-state index in [4.69, 9.17) is 9.47 Å². The Hall–Kier alpha value is -2.47. The highest BCUT2D eigenvalue weighted by Gasteiger charge is 2.30. The molecule has 0 bridgehead atoms. The predicted octanol–water partition coefficient (Wildman–Crippen LogP) is 1.76. The molecule has 1 fully saturated rings. The molecule has 2 aromatic rings. The van der Waals surface area contributed by atoms with Crippen LogP contribution in [0.3, 0.4) is 0 Å². The molecule has 3 rings (SSSR count). The molecule has 1 aliphatic heterocycles. The lowest BCUT2D eigenvalue weighted by Crippen LogP contribution is -2.40. The van der Waals surface area contributed by atoms with Gasteiger partial charge in [-0.15, -0.1) is 0 Å². The monoisotopic (exact) mass is 468 g/mol. The lowest BCUT2D eigenvalue weighted by atomic mass is 10.2. The van der Waals surface area contributed by atoms with E-state index in [1.165, 1.54) is 40.7 Å². The van der Waals surface area contributed by atoms with Crippen molar-refractivity contribution < 1.29 is 31.1 Å². The quantitative estimate of drug-likeness (QED) is 0.658. The Kier molecular flexibility index (Phi) is 6.99. The fraction of sp³-hybridized carbons (Fsp3) is 0.350. The second-order valence-corrected chi connectivity index (χ2v) is 10.8. The average molecular weight is 469 g/mol. The summed E-state index contributed by atoms with van der Waals surface area (Å²) in [5.74, 6) is -0.302. The predicted molar refractivity (Wildman–Crippen MR) is 115 cm³/mol. The highest BCUT2D eigenvalue weighted by Crippen LogP contribution is 2.30. The van der Waals surface area contributed by atoms with Crippen molar-refractivity contribution in [1.82, 2.24) is 4.31 Å². The summed E-state index contributed by atoms with van der Waals surface area (Å²) in [5.41, 5.74) is 0.506. The minimum atomic E-state index is -3.85. The van der Waals surface area contributed by atoms with E-state index in [-0.39, 0.29) is 46.5 Å². The van der Waals surface area contributed by atoms with Crippen molar-refractivity contribution in [3.05, 3.63) is 48.0 Å². The van der Waals surface area contributed by atoms with E-state index in [9.17, 15) is 21.6 Å². The maximum absolute atomic E-state index is 13.1. The second kappa shape index (κ2) is 9.35. The summed E-state index contributed by atoms with van der Waals surface area (Å²) in [6.07, 6.45) is 1.08. The summed E-state index contributed by atoms with van der Waals surface area (Å²) in [7, 11) is -7.22. The summed E-state index contributed by atoms with van der Waals surface area (Å²) < 4.78 is 61.5. The Bertz CT molecular complexity index is 1150. The SMILES string of the molecule is CCOc1ccc(NC(=O)c2ccc(S(C)(=O)=O)cc2)cc1S(=O)(=O)N1CCOCC1. The van der Waals surface area contributed by atoms with Crippen LogP contribution < -0.4 is 10.1 Å². The maximum Gasteiger partial charge on any atom is 0.255 e. The topological polar surface area (TPSA) is 119 Å². The van der Waals surface area contributed by atoms with Crippen LogP contribution in [0.4, 0.5) is 5.69 Å². The highest BCUT2D eigenvalue weighted by molar-refractivity contribution is 7.90. The van der Waals surface area contributed by atoms with Gasteiger partial charge in [-0.3, -0.25) is 4.79 Å². The average Bonchev–Trinajstić information content (AvgIpc) is 2.75. The molecule has 9 nitrogen and oxygen atoms in total. The molecule has 0 saturated carbocycles. The normalized spacial score (nSPS) is 15.4. The number of amides is 1. The maximum atomic E-state index is 13.1. The van der Waals surface area contributed by atoms with Crippen molar-refractivity contribution in [2.24, 2.45) is 0 Å². The molecular formula is C20H24N2O7S2. The molecule has 1 N–H and O–H groups in total. The first-order chi connectivity index (χ1) is 14.6. The van der Waals surface area contributed by atoms with Crippen molar-refractivity contribution in [1.29, 1.82) is 0 Å². The molecule has 1 saturated heterocycles. The van der Waals surface area contributed by atoms with Gasteiger partial charge in [-0.1, -0.05) is 0 Å². The van der Waals surface area contributed by atoms with Crippen molar-refractivity contribution in [2.75, 3.05) is 44.5 Å². The molecule has 1 aliphatic rings. The molecule has 1 amide bonds. The van der Waals surface area contributed by atoms with Crippen LogP contribution in [0, 0.1) is 0 Å². The standard InChI is InChI=1S/C20H24N2O7S2/c1-3-29-18-9-6-16(14-19(18)31(26,27)22-10-12-28-13-11-22)21-20(23)15-4-7-17(8-5-15)30(2,24)25/h4-9,14H,3,10-13H2,1-2H3,(H,21,23). The largest absolute Gasteiger partial charge is 0.492 e. The zero-order chi connectivity index (χ0) is 22.6. The van der Waals surface area contributed by atoms with Crippen LogP contribution >= 0.6 is 0 Å². The Morgan fingerprint density at radius 1 is 1.06 bits per heavy atom. The van der Waals surface area contributed by atoms with Gasteiger partial charge in [0, 0.05) is 30.6 Å².